The molecule has 0 aliphatic heterocycles. The van der Waals surface area contributed by atoms with E-state index < -0.39 is 0 Å². The highest BCUT2D eigenvalue weighted by Gasteiger charge is 2.13. The van der Waals surface area contributed by atoms with E-state index in [1.165, 1.54) is 12.0 Å². The lowest BCUT2D eigenvalue weighted by Gasteiger charge is -2.15. The van der Waals surface area contributed by atoms with E-state index >= 15 is 0 Å². The van der Waals surface area contributed by atoms with E-state index in [4.69, 9.17) is 4.74 Å². The molecule has 0 aliphatic rings. The molecule has 1 heterocycles. The van der Waals surface area contributed by atoms with E-state index in [2.05, 4.69) is 36.1 Å². The Bertz CT molecular complexity index is 370. The molecule has 1 aromatic rings. The fourth-order valence-corrected chi connectivity index (χ4v) is 2.15. The van der Waals surface area contributed by atoms with Crippen LogP contribution in [0.2, 0.25) is 0 Å². The number of nitrogens with one attached hydrogen (secondary N) is 1. The van der Waals surface area contributed by atoms with Crippen LogP contribution in [0.4, 0.5) is 0 Å². The van der Waals surface area contributed by atoms with Gasteiger partial charge >= 0.3 is 0 Å². The molecule has 4 heteroatoms. The third-order valence-corrected chi connectivity index (χ3v) is 3.20. The van der Waals surface area contributed by atoms with Gasteiger partial charge in [0, 0.05) is 18.0 Å². The second kappa shape index (κ2) is 8.23. The van der Waals surface area contributed by atoms with Crippen molar-refractivity contribution in [3.05, 3.63) is 22.8 Å². The molecule has 0 fully saturated rings. The number of ether oxygens (including phenoxy) is 1. The summed E-state index contributed by atoms with van der Waals surface area (Å²) in [5.41, 5.74) is 3.41. The molecule has 1 atom stereocenters. The second-order valence-corrected chi connectivity index (χ2v) is 4.83. The standard InChI is InChI=1S/C15H27N3O/c1-6-9-16-10-8-14-11(3)17-15(18-12(14)4)13(5)19-7-2/h13,16H,6-10H2,1-5H3. The van der Waals surface area contributed by atoms with Crippen molar-refractivity contribution < 1.29 is 4.74 Å². The summed E-state index contributed by atoms with van der Waals surface area (Å²) in [5, 5.41) is 3.42. The smallest absolute Gasteiger partial charge is 0.157 e. The molecule has 1 unspecified atom stereocenters. The third-order valence-electron chi connectivity index (χ3n) is 3.20. The predicted octanol–water partition coefficient (Wildman–Crippen LogP) is 2.73. The fraction of sp³-hybridized carbons (Fsp3) is 0.733. The van der Waals surface area contributed by atoms with Gasteiger partial charge in [-0.2, -0.15) is 0 Å². The molecular formula is C15H27N3O. The molecular weight excluding hydrogens is 238 g/mol. The Kier molecular flexibility index (Phi) is 6.95. The summed E-state index contributed by atoms with van der Waals surface area (Å²) in [7, 11) is 0. The van der Waals surface area contributed by atoms with E-state index in [9.17, 15) is 0 Å². The van der Waals surface area contributed by atoms with Gasteiger partial charge in [0.05, 0.1) is 0 Å². The Labute approximate surface area is 117 Å². The fourth-order valence-electron chi connectivity index (χ4n) is 2.15. The van der Waals surface area contributed by atoms with Crippen LogP contribution in [0.25, 0.3) is 0 Å². The van der Waals surface area contributed by atoms with Crippen molar-refractivity contribution >= 4 is 0 Å². The highest BCUT2D eigenvalue weighted by molar-refractivity contribution is 5.25. The Balaban J connectivity index is 2.73. The average molecular weight is 265 g/mol. The van der Waals surface area contributed by atoms with Crippen LogP contribution in [0.5, 0.6) is 0 Å². The molecule has 4 nitrogen and oxygen atoms in total. The Morgan fingerprint density at radius 1 is 1.11 bits per heavy atom. The van der Waals surface area contributed by atoms with Crippen molar-refractivity contribution in [2.45, 2.75) is 53.6 Å². The second-order valence-electron chi connectivity index (χ2n) is 4.83. The van der Waals surface area contributed by atoms with Gasteiger partial charge in [0.1, 0.15) is 6.10 Å². The number of aromatic nitrogens is 2. The zero-order valence-electron chi connectivity index (χ0n) is 12.9. The van der Waals surface area contributed by atoms with Gasteiger partial charge in [-0.05, 0) is 59.2 Å². The number of nitrogens with zero attached hydrogens (tertiary/aromatic N) is 2. The molecule has 1 rings (SSSR count). The first-order valence-electron chi connectivity index (χ1n) is 7.26. The first-order chi connectivity index (χ1) is 9.10. The first-order valence-corrected chi connectivity index (χ1v) is 7.26. The summed E-state index contributed by atoms with van der Waals surface area (Å²) >= 11 is 0. The van der Waals surface area contributed by atoms with E-state index in [0.717, 1.165) is 36.7 Å². The van der Waals surface area contributed by atoms with Gasteiger partial charge in [-0.25, -0.2) is 9.97 Å². The zero-order chi connectivity index (χ0) is 14.3. The molecule has 19 heavy (non-hydrogen) atoms. The summed E-state index contributed by atoms with van der Waals surface area (Å²) in [4.78, 5) is 9.18. The van der Waals surface area contributed by atoms with E-state index in [1.54, 1.807) is 0 Å². The van der Waals surface area contributed by atoms with Crippen molar-refractivity contribution in [2.24, 2.45) is 0 Å². The molecule has 108 valence electrons. The Morgan fingerprint density at radius 2 is 1.74 bits per heavy atom. The van der Waals surface area contributed by atoms with Crippen molar-refractivity contribution in [3.63, 3.8) is 0 Å². The molecule has 0 spiro atoms. The van der Waals surface area contributed by atoms with Gasteiger partial charge < -0.3 is 10.1 Å². The van der Waals surface area contributed by atoms with Gasteiger partial charge in [-0.3, -0.25) is 0 Å². The normalized spacial score (nSPS) is 12.7. The lowest BCUT2D eigenvalue weighted by Crippen LogP contribution is -2.19. The van der Waals surface area contributed by atoms with Gasteiger partial charge in [0.25, 0.3) is 0 Å². The van der Waals surface area contributed by atoms with Crippen LogP contribution in [-0.2, 0) is 11.2 Å². The highest BCUT2D eigenvalue weighted by Crippen LogP contribution is 2.17. The Morgan fingerprint density at radius 3 is 2.26 bits per heavy atom. The molecule has 0 radical (unpaired) electrons. The minimum Gasteiger partial charge on any atom is -0.371 e. The highest BCUT2D eigenvalue weighted by atomic mass is 16.5. The molecule has 0 saturated carbocycles. The zero-order valence-corrected chi connectivity index (χ0v) is 12.9. The molecule has 0 amide bonds. The Hall–Kier alpha value is -1.00. The molecule has 0 aliphatic carbocycles. The van der Waals surface area contributed by atoms with E-state index in [1.807, 2.05) is 13.8 Å². The SMILES string of the molecule is CCCNCCc1c(C)nc(C(C)OCC)nc1C. The van der Waals surface area contributed by atoms with Gasteiger partial charge in [-0.1, -0.05) is 6.92 Å². The van der Waals surface area contributed by atoms with Crippen molar-refractivity contribution in [1.29, 1.82) is 0 Å². The maximum atomic E-state index is 5.55. The molecule has 0 saturated heterocycles. The maximum absolute atomic E-state index is 5.55. The van der Waals surface area contributed by atoms with E-state index in [0.29, 0.717) is 6.61 Å². The van der Waals surface area contributed by atoms with Crippen molar-refractivity contribution in [3.8, 4) is 0 Å². The lowest BCUT2D eigenvalue weighted by atomic mass is 10.1. The summed E-state index contributed by atoms with van der Waals surface area (Å²) in [6.45, 7) is 13.0. The summed E-state index contributed by atoms with van der Waals surface area (Å²) in [6, 6.07) is 0. The van der Waals surface area contributed by atoms with Crippen LogP contribution in [0.1, 0.15) is 56.1 Å². The lowest BCUT2D eigenvalue weighted by molar-refractivity contribution is 0.0697. The summed E-state index contributed by atoms with van der Waals surface area (Å²) in [5.74, 6) is 0.794. The number of hydrogen-bond donors (Lipinski definition) is 1. The molecule has 1 N–H and O–H groups in total. The first kappa shape index (κ1) is 16.1. The van der Waals surface area contributed by atoms with Crippen LogP contribution in [-0.4, -0.2) is 29.7 Å². The molecule has 1 aromatic heterocycles. The van der Waals surface area contributed by atoms with Crippen LogP contribution in [0.3, 0.4) is 0 Å². The van der Waals surface area contributed by atoms with Crippen molar-refractivity contribution in [1.82, 2.24) is 15.3 Å². The number of hydrogen-bond acceptors (Lipinski definition) is 4. The van der Waals surface area contributed by atoms with Gasteiger partial charge in [0.2, 0.25) is 0 Å². The summed E-state index contributed by atoms with van der Waals surface area (Å²) in [6.07, 6.45) is 2.12. The van der Waals surface area contributed by atoms with Crippen LogP contribution >= 0.6 is 0 Å². The van der Waals surface area contributed by atoms with Crippen LogP contribution in [0, 0.1) is 13.8 Å². The van der Waals surface area contributed by atoms with E-state index in [-0.39, 0.29) is 6.10 Å². The van der Waals surface area contributed by atoms with Crippen molar-refractivity contribution in [2.75, 3.05) is 19.7 Å². The molecule has 0 aromatic carbocycles. The number of aryl methyl sites for hydroxylation is 2. The molecule has 0 bridgehead atoms. The van der Waals surface area contributed by atoms with Gasteiger partial charge in [-0.15, -0.1) is 0 Å². The van der Waals surface area contributed by atoms with Crippen LogP contribution < -0.4 is 5.32 Å². The predicted molar refractivity (Wildman–Crippen MR) is 78.4 cm³/mol. The third kappa shape index (κ3) is 4.88. The number of rotatable bonds is 8. The topological polar surface area (TPSA) is 47.0 Å². The monoisotopic (exact) mass is 265 g/mol. The average Bonchev–Trinajstić information content (AvgIpc) is 2.37. The minimum absolute atomic E-state index is 0.0327. The quantitative estimate of drug-likeness (QED) is 0.734. The largest absolute Gasteiger partial charge is 0.371 e. The maximum Gasteiger partial charge on any atom is 0.157 e. The van der Waals surface area contributed by atoms with Crippen LogP contribution in [0.15, 0.2) is 0 Å². The van der Waals surface area contributed by atoms with Gasteiger partial charge in [0.15, 0.2) is 5.82 Å². The summed E-state index contributed by atoms with van der Waals surface area (Å²) < 4.78 is 5.55. The minimum atomic E-state index is -0.0327.